The van der Waals surface area contributed by atoms with E-state index in [0.717, 1.165) is 17.3 Å². The summed E-state index contributed by atoms with van der Waals surface area (Å²) in [5, 5.41) is 6.78. The summed E-state index contributed by atoms with van der Waals surface area (Å²) >= 11 is 1.10. The van der Waals surface area contributed by atoms with Gasteiger partial charge in [0.1, 0.15) is 29.3 Å². The molecule has 2 aliphatic rings. The van der Waals surface area contributed by atoms with Crippen LogP contribution in [0.4, 0.5) is 11.8 Å². The molecule has 2 saturated heterocycles. The van der Waals surface area contributed by atoms with Gasteiger partial charge < -0.3 is 34.6 Å². The molecular weight excluding hydrogens is 721 g/mol. The van der Waals surface area contributed by atoms with Crippen molar-refractivity contribution in [2.24, 2.45) is 5.92 Å². The number of piperazine rings is 1. The average Bonchev–Trinajstić information content (AvgIpc) is 3.70. The van der Waals surface area contributed by atoms with Crippen LogP contribution in [-0.2, 0) is 20.0 Å². The van der Waals surface area contributed by atoms with E-state index in [4.69, 9.17) is 24.2 Å². The van der Waals surface area contributed by atoms with E-state index in [2.05, 4.69) is 10.6 Å². The number of fused-ring (bicyclic) bond motifs is 1. The highest BCUT2D eigenvalue weighted by Crippen LogP contribution is 2.36. The Morgan fingerprint density at radius 1 is 0.964 bits per heavy atom. The number of carbonyl (C=O) groups excluding carboxylic acids is 4. The summed E-state index contributed by atoms with van der Waals surface area (Å²) in [6, 6.07) is 19.1. The Morgan fingerprint density at radius 3 is 2.36 bits per heavy atom. The van der Waals surface area contributed by atoms with Gasteiger partial charge >= 0.3 is 0 Å². The zero-order valence-electron chi connectivity index (χ0n) is 32.1. The Morgan fingerprint density at radius 2 is 1.67 bits per heavy atom. The molecule has 3 aromatic carbocycles. The van der Waals surface area contributed by atoms with Gasteiger partial charge in [-0.2, -0.15) is 4.98 Å². The highest BCUT2D eigenvalue weighted by atomic mass is 32.2. The molecule has 2 N–H and O–H groups in total. The predicted octanol–water partition coefficient (Wildman–Crippen LogP) is 5.47. The Balaban J connectivity index is 1.28. The largest absolute Gasteiger partial charge is 0.493 e. The zero-order valence-corrected chi connectivity index (χ0v) is 32.9. The summed E-state index contributed by atoms with van der Waals surface area (Å²) in [5.41, 5.74) is 1.43. The molecule has 1 aromatic heterocycles. The van der Waals surface area contributed by atoms with Gasteiger partial charge in [-0.15, -0.1) is 0 Å². The van der Waals surface area contributed by atoms with Gasteiger partial charge in [0.2, 0.25) is 17.8 Å². The molecular formula is C41H48N6O7S. The van der Waals surface area contributed by atoms with Crippen molar-refractivity contribution in [3.63, 3.8) is 0 Å². The molecule has 2 amide bonds. The number of hydrogen-bond acceptors (Lipinski definition) is 12. The minimum atomic E-state index is -0.718. The fourth-order valence-electron chi connectivity index (χ4n) is 7.02. The lowest BCUT2D eigenvalue weighted by atomic mass is 9.98. The average molecular weight is 769 g/mol. The molecule has 4 aromatic rings. The first-order valence-corrected chi connectivity index (χ1v) is 19.4. The molecule has 0 bridgehead atoms. The second-order valence-corrected chi connectivity index (χ2v) is 15.5. The standard InChI is InChI=1S/C41H48N6O7S/c1-25(24-55-26(2)48)39(51)46-19-10-13-32(46)38(50)44-37-30-21-34(52-5)35(53-6)22-31(30)43-40(45-37)47-20-18-42-23-33(47)36(49)27-14-16-29(17-15-27)54-41(3,4)28-11-8-7-9-12-28/h7-9,11-12,14-17,21-22,25,32-33,42H,10,13,18-20,23-24H2,1-6H3,(H,43,44,45,50)/t25?,32-,33?/m0/s1. The van der Waals surface area contributed by atoms with E-state index in [1.54, 1.807) is 48.2 Å². The van der Waals surface area contributed by atoms with Crippen LogP contribution >= 0.6 is 11.8 Å². The molecule has 0 saturated carbocycles. The second kappa shape index (κ2) is 17.1. The normalized spacial score (nSPS) is 17.8. The molecule has 290 valence electrons. The Labute approximate surface area is 325 Å². The number of Topliss-reactive ketones (excluding diaryl/α,β-unsaturated/α-hetero) is 1. The first kappa shape index (κ1) is 39.5. The topological polar surface area (TPSA) is 152 Å². The molecule has 3 atom stereocenters. The van der Waals surface area contributed by atoms with E-state index in [0.29, 0.717) is 78.5 Å². The van der Waals surface area contributed by atoms with Crippen LogP contribution in [0.1, 0.15) is 56.5 Å². The number of thioether (sulfide) groups is 1. The summed E-state index contributed by atoms with van der Waals surface area (Å²) in [6.45, 7) is 9.05. The molecule has 0 radical (unpaired) electrons. The smallest absolute Gasteiger partial charge is 0.248 e. The second-order valence-electron chi connectivity index (χ2n) is 14.3. The Bertz CT molecular complexity index is 2040. The summed E-state index contributed by atoms with van der Waals surface area (Å²) in [6.07, 6.45) is 1.15. The number of ketones is 1. The summed E-state index contributed by atoms with van der Waals surface area (Å²) in [7, 11) is 3.05. The van der Waals surface area contributed by atoms with Gasteiger partial charge in [0.05, 0.1) is 19.7 Å². The third-order valence-electron chi connectivity index (χ3n) is 10.0. The lowest BCUT2D eigenvalue weighted by Gasteiger charge is -2.35. The summed E-state index contributed by atoms with van der Waals surface area (Å²) in [4.78, 5) is 66.4. The van der Waals surface area contributed by atoms with Gasteiger partial charge in [-0.25, -0.2) is 4.98 Å². The quantitative estimate of drug-likeness (QED) is 0.166. The molecule has 13 nitrogen and oxygen atoms in total. The zero-order chi connectivity index (χ0) is 39.3. The van der Waals surface area contributed by atoms with Gasteiger partial charge in [0.25, 0.3) is 0 Å². The highest BCUT2D eigenvalue weighted by molar-refractivity contribution is 8.13. The fraction of sp³-hybridized carbons (Fsp3) is 0.415. The number of anilines is 2. The maximum Gasteiger partial charge on any atom is 0.248 e. The Kier molecular flexibility index (Phi) is 12.3. The third-order valence-corrected chi connectivity index (χ3v) is 11.1. The van der Waals surface area contributed by atoms with Crippen molar-refractivity contribution in [1.29, 1.82) is 0 Å². The number of nitrogens with one attached hydrogen (secondary N) is 2. The maximum absolute atomic E-state index is 14.2. The van der Waals surface area contributed by atoms with Gasteiger partial charge in [0, 0.05) is 61.8 Å². The number of ether oxygens (including phenoxy) is 3. The molecule has 3 heterocycles. The summed E-state index contributed by atoms with van der Waals surface area (Å²) in [5.74, 6) is 1.20. The molecule has 6 rings (SSSR count). The van der Waals surface area contributed by atoms with E-state index in [1.807, 2.05) is 49.1 Å². The van der Waals surface area contributed by atoms with Gasteiger partial charge in [-0.3, -0.25) is 19.2 Å². The molecule has 2 unspecified atom stereocenters. The van der Waals surface area contributed by atoms with Crippen molar-refractivity contribution in [3.05, 3.63) is 77.9 Å². The van der Waals surface area contributed by atoms with Crippen LogP contribution in [0.15, 0.2) is 66.7 Å². The first-order valence-electron chi connectivity index (χ1n) is 18.4. The van der Waals surface area contributed by atoms with Gasteiger partial charge in [0.15, 0.2) is 22.4 Å². The lowest BCUT2D eigenvalue weighted by Crippen LogP contribution is -2.55. The number of carbonyl (C=O) groups is 4. The number of rotatable bonds is 13. The van der Waals surface area contributed by atoms with Crippen molar-refractivity contribution in [3.8, 4) is 17.2 Å². The number of likely N-dealkylation sites (tertiary alicyclic amines) is 1. The first-order chi connectivity index (χ1) is 26.4. The predicted molar refractivity (Wildman–Crippen MR) is 213 cm³/mol. The molecule has 0 spiro atoms. The van der Waals surface area contributed by atoms with Crippen molar-refractivity contribution in [2.45, 2.75) is 58.2 Å². The van der Waals surface area contributed by atoms with Crippen molar-refractivity contribution in [2.75, 3.05) is 56.4 Å². The van der Waals surface area contributed by atoms with E-state index in [9.17, 15) is 19.2 Å². The van der Waals surface area contributed by atoms with Crippen LogP contribution in [0.5, 0.6) is 17.2 Å². The SMILES string of the molecule is COc1cc2nc(N3CCNCC3C(=O)c3ccc(OC(C)(C)c4ccccc4)cc3)nc(NC(=O)[C@@H]3CCCN3C(=O)C(C)CSC(C)=O)c2cc1OC. The van der Waals surface area contributed by atoms with E-state index < -0.39 is 23.6 Å². The monoisotopic (exact) mass is 768 g/mol. The van der Waals surface area contributed by atoms with E-state index >= 15 is 0 Å². The molecule has 2 fully saturated rings. The lowest BCUT2D eigenvalue weighted by molar-refractivity contribution is -0.139. The third kappa shape index (κ3) is 8.86. The molecule has 55 heavy (non-hydrogen) atoms. The minimum absolute atomic E-state index is 0.0616. The van der Waals surface area contributed by atoms with E-state index in [1.165, 1.54) is 21.1 Å². The van der Waals surface area contributed by atoms with Crippen LogP contribution < -0.4 is 29.7 Å². The number of aromatic nitrogens is 2. The number of amides is 2. The van der Waals surface area contributed by atoms with Crippen molar-refractivity contribution < 1.29 is 33.4 Å². The maximum atomic E-state index is 14.2. The number of nitrogens with zero attached hydrogens (tertiary/aromatic N) is 4. The van der Waals surface area contributed by atoms with Crippen LogP contribution in [0.3, 0.4) is 0 Å². The van der Waals surface area contributed by atoms with Crippen LogP contribution in [0.25, 0.3) is 10.9 Å². The minimum Gasteiger partial charge on any atom is -0.493 e. The van der Waals surface area contributed by atoms with E-state index in [-0.39, 0.29) is 34.5 Å². The molecule has 14 heteroatoms. The van der Waals surface area contributed by atoms with Crippen LogP contribution in [0, 0.1) is 5.92 Å². The molecule has 2 aliphatic heterocycles. The van der Waals surface area contributed by atoms with Crippen molar-refractivity contribution >= 4 is 57.1 Å². The molecule has 0 aliphatic carbocycles. The summed E-state index contributed by atoms with van der Waals surface area (Å²) < 4.78 is 17.5. The highest BCUT2D eigenvalue weighted by Gasteiger charge is 2.37. The number of methoxy groups -OCH3 is 2. The van der Waals surface area contributed by atoms with Gasteiger partial charge in [-0.05, 0) is 62.6 Å². The Hall–Kier alpha value is -5.21. The number of hydrogen-bond donors (Lipinski definition) is 2. The van der Waals surface area contributed by atoms with Gasteiger partial charge in [-0.1, -0.05) is 49.0 Å². The van der Waals surface area contributed by atoms with Crippen LogP contribution in [0.2, 0.25) is 0 Å². The number of benzene rings is 3. The fourth-order valence-corrected chi connectivity index (χ4v) is 7.64. The van der Waals surface area contributed by atoms with Crippen molar-refractivity contribution in [1.82, 2.24) is 20.2 Å². The van der Waals surface area contributed by atoms with Crippen LogP contribution in [-0.4, -0.2) is 95.8 Å².